The molecule has 0 N–H and O–H groups in total. The van der Waals surface area contributed by atoms with E-state index in [1.807, 2.05) is 36.4 Å². The number of ketones is 1. The van der Waals surface area contributed by atoms with E-state index in [2.05, 4.69) is 6.92 Å². The molecule has 0 aliphatic carbocycles. The van der Waals surface area contributed by atoms with Crippen LogP contribution in [-0.2, 0) is 4.79 Å². The van der Waals surface area contributed by atoms with Gasteiger partial charge in [-0.3, -0.25) is 4.79 Å². The summed E-state index contributed by atoms with van der Waals surface area (Å²) in [4.78, 5) is 11.4. The number of rotatable bonds is 6. The van der Waals surface area contributed by atoms with Crippen LogP contribution in [0.25, 0.3) is 6.08 Å². The van der Waals surface area contributed by atoms with Crippen LogP contribution in [0.5, 0.6) is 0 Å². The fourth-order valence-electron chi connectivity index (χ4n) is 1.39. The van der Waals surface area contributed by atoms with Crippen molar-refractivity contribution in [3.8, 4) is 0 Å². The van der Waals surface area contributed by atoms with Crippen LogP contribution in [0.3, 0.4) is 0 Å². The van der Waals surface area contributed by atoms with Gasteiger partial charge in [0, 0.05) is 6.42 Å². The van der Waals surface area contributed by atoms with Crippen LogP contribution < -0.4 is 0 Å². The van der Waals surface area contributed by atoms with Crippen molar-refractivity contribution in [3.05, 3.63) is 42.0 Å². The Morgan fingerprint density at radius 3 is 2.60 bits per heavy atom. The summed E-state index contributed by atoms with van der Waals surface area (Å²) in [5.74, 6) is 0.229. The normalized spacial score (nSPS) is 10.7. The summed E-state index contributed by atoms with van der Waals surface area (Å²) in [5, 5.41) is 0. The molecule has 0 aliphatic heterocycles. The SMILES string of the molecule is CCCCCC(=O)/C=C/c1ccccc1. The first-order valence-corrected chi connectivity index (χ1v) is 5.59. The lowest BCUT2D eigenvalue weighted by Gasteiger charge is -1.94. The van der Waals surface area contributed by atoms with Crippen LogP contribution in [0.15, 0.2) is 36.4 Å². The predicted molar refractivity (Wildman–Crippen MR) is 64.6 cm³/mol. The van der Waals surface area contributed by atoms with Crippen LogP contribution in [0.2, 0.25) is 0 Å². The summed E-state index contributed by atoms with van der Waals surface area (Å²) in [6.07, 6.45) is 7.56. The minimum atomic E-state index is 0.229. The first-order chi connectivity index (χ1) is 7.33. The minimum absolute atomic E-state index is 0.229. The average Bonchev–Trinajstić information content (AvgIpc) is 2.28. The van der Waals surface area contributed by atoms with E-state index in [0.29, 0.717) is 6.42 Å². The maximum Gasteiger partial charge on any atom is 0.155 e. The molecule has 0 bridgehead atoms. The van der Waals surface area contributed by atoms with Gasteiger partial charge >= 0.3 is 0 Å². The Balaban J connectivity index is 2.34. The van der Waals surface area contributed by atoms with Crippen molar-refractivity contribution in [3.63, 3.8) is 0 Å². The molecule has 0 spiro atoms. The van der Waals surface area contributed by atoms with Gasteiger partial charge in [-0.2, -0.15) is 0 Å². The molecule has 80 valence electrons. The van der Waals surface area contributed by atoms with Crippen LogP contribution in [0, 0.1) is 0 Å². The molecule has 1 heteroatoms. The Bertz CT molecular complexity index is 311. The number of unbranched alkanes of at least 4 members (excludes halogenated alkanes) is 2. The van der Waals surface area contributed by atoms with E-state index in [9.17, 15) is 4.79 Å². The molecule has 1 rings (SSSR count). The van der Waals surface area contributed by atoms with Gasteiger partial charge < -0.3 is 0 Å². The zero-order chi connectivity index (χ0) is 10.9. The average molecular weight is 202 g/mol. The quantitative estimate of drug-likeness (QED) is 0.506. The predicted octanol–water partition coefficient (Wildman–Crippen LogP) is 3.85. The summed E-state index contributed by atoms with van der Waals surface area (Å²) in [6.45, 7) is 2.14. The lowest BCUT2D eigenvalue weighted by atomic mass is 10.1. The Kier molecular flexibility index (Phi) is 5.46. The second kappa shape index (κ2) is 6.99. The molecule has 0 saturated heterocycles. The molecule has 1 aromatic rings. The molecule has 1 nitrogen and oxygen atoms in total. The van der Waals surface area contributed by atoms with Gasteiger partial charge in [-0.05, 0) is 18.1 Å². The Morgan fingerprint density at radius 1 is 1.20 bits per heavy atom. The Hall–Kier alpha value is -1.37. The third-order valence-corrected chi connectivity index (χ3v) is 2.29. The molecule has 0 aromatic heterocycles. The molecule has 0 heterocycles. The van der Waals surface area contributed by atoms with Crippen LogP contribution >= 0.6 is 0 Å². The van der Waals surface area contributed by atoms with Crippen molar-refractivity contribution in [1.29, 1.82) is 0 Å². The Labute approximate surface area is 91.8 Å². The van der Waals surface area contributed by atoms with E-state index in [1.165, 1.54) is 0 Å². The van der Waals surface area contributed by atoms with Crippen molar-refractivity contribution in [2.45, 2.75) is 32.6 Å². The van der Waals surface area contributed by atoms with Crippen LogP contribution in [0.4, 0.5) is 0 Å². The van der Waals surface area contributed by atoms with Crippen molar-refractivity contribution in [2.24, 2.45) is 0 Å². The van der Waals surface area contributed by atoms with Crippen LogP contribution in [0.1, 0.15) is 38.2 Å². The summed E-state index contributed by atoms with van der Waals surface area (Å²) in [7, 11) is 0. The van der Waals surface area contributed by atoms with Gasteiger partial charge in [-0.1, -0.05) is 56.2 Å². The second-order valence-electron chi connectivity index (χ2n) is 3.67. The summed E-state index contributed by atoms with van der Waals surface area (Å²) in [6, 6.07) is 9.91. The van der Waals surface area contributed by atoms with E-state index >= 15 is 0 Å². The molecular weight excluding hydrogens is 184 g/mol. The molecule has 0 aliphatic rings. The highest BCUT2D eigenvalue weighted by atomic mass is 16.1. The molecule has 15 heavy (non-hydrogen) atoms. The van der Waals surface area contributed by atoms with Gasteiger partial charge in [0.1, 0.15) is 0 Å². The van der Waals surface area contributed by atoms with Crippen molar-refractivity contribution in [1.82, 2.24) is 0 Å². The molecule has 0 radical (unpaired) electrons. The van der Waals surface area contributed by atoms with E-state index in [4.69, 9.17) is 0 Å². The molecule has 0 atom stereocenters. The van der Waals surface area contributed by atoms with E-state index < -0.39 is 0 Å². The maximum absolute atomic E-state index is 11.4. The lowest BCUT2D eigenvalue weighted by molar-refractivity contribution is -0.114. The van der Waals surface area contributed by atoms with Gasteiger partial charge in [0.15, 0.2) is 5.78 Å². The fraction of sp³-hybridized carbons (Fsp3) is 0.357. The number of benzene rings is 1. The first kappa shape index (κ1) is 11.7. The maximum atomic E-state index is 11.4. The molecule has 0 amide bonds. The fourth-order valence-corrected chi connectivity index (χ4v) is 1.39. The lowest BCUT2D eigenvalue weighted by Crippen LogP contribution is -1.91. The molecule has 0 unspecified atom stereocenters. The third kappa shape index (κ3) is 5.16. The summed E-state index contributed by atoms with van der Waals surface area (Å²) >= 11 is 0. The summed E-state index contributed by atoms with van der Waals surface area (Å²) in [5.41, 5.74) is 1.08. The summed E-state index contributed by atoms with van der Waals surface area (Å²) < 4.78 is 0. The highest BCUT2D eigenvalue weighted by Crippen LogP contribution is 2.04. The van der Waals surface area contributed by atoms with E-state index in [0.717, 1.165) is 24.8 Å². The highest BCUT2D eigenvalue weighted by molar-refractivity contribution is 5.93. The monoisotopic (exact) mass is 202 g/mol. The standard InChI is InChI=1S/C14H18O/c1-2-3-5-10-14(15)12-11-13-8-6-4-7-9-13/h4,6-9,11-12H,2-3,5,10H2,1H3/b12-11+. The van der Waals surface area contributed by atoms with Gasteiger partial charge in [0.2, 0.25) is 0 Å². The zero-order valence-corrected chi connectivity index (χ0v) is 9.28. The van der Waals surface area contributed by atoms with Crippen molar-refractivity contribution < 1.29 is 4.79 Å². The number of carbonyl (C=O) groups excluding carboxylic acids is 1. The van der Waals surface area contributed by atoms with Gasteiger partial charge in [-0.25, -0.2) is 0 Å². The van der Waals surface area contributed by atoms with E-state index in [-0.39, 0.29) is 5.78 Å². The Morgan fingerprint density at radius 2 is 1.93 bits per heavy atom. The largest absolute Gasteiger partial charge is 0.295 e. The van der Waals surface area contributed by atoms with Gasteiger partial charge in [0.25, 0.3) is 0 Å². The second-order valence-corrected chi connectivity index (χ2v) is 3.67. The zero-order valence-electron chi connectivity index (χ0n) is 9.28. The van der Waals surface area contributed by atoms with Gasteiger partial charge in [0.05, 0.1) is 0 Å². The van der Waals surface area contributed by atoms with Gasteiger partial charge in [-0.15, -0.1) is 0 Å². The molecule has 0 fully saturated rings. The van der Waals surface area contributed by atoms with Crippen molar-refractivity contribution >= 4 is 11.9 Å². The molecule has 1 aromatic carbocycles. The first-order valence-electron chi connectivity index (χ1n) is 5.59. The highest BCUT2D eigenvalue weighted by Gasteiger charge is 1.95. The molecule has 0 saturated carbocycles. The van der Waals surface area contributed by atoms with E-state index in [1.54, 1.807) is 6.08 Å². The van der Waals surface area contributed by atoms with Crippen LogP contribution in [-0.4, -0.2) is 5.78 Å². The smallest absolute Gasteiger partial charge is 0.155 e. The number of hydrogen-bond acceptors (Lipinski definition) is 1. The topological polar surface area (TPSA) is 17.1 Å². The minimum Gasteiger partial charge on any atom is -0.295 e. The number of hydrogen-bond donors (Lipinski definition) is 0. The molecular formula is C14H18O. The number of carbonyl (C=O) groups is 1. The van der Waals surface area contributed by atoms with Crippen molar-refractivity contribution in [2.75, 3.05) is 0 Å². The number of allylic oxidation sites excluding steroid dienone is 1. The third-order valence-electron chi connectivity index (χ3n) is 2.29.